The van der Waals surface area contributed by atoms with Crippen LogP contribution in [0.15, 0.2) is 0 Å². The molecule has 0 unspecified atom stereocenters. The van der Waals surface area contributed by atoms with Crippen LogP contribution in [0.5, 0.6) is 0 Å². The third-order valence-corrected chi connectivity index (χ3v) is 3.18. The maximum Gasteiger partial charge on any atom is 0.326 e. The van der Waals surface area contributed by atoms with Gasteiger partial charge in [-0.1, -0.05) is 0 Å². The van der Waals surface area contributed by atoms with E-state index in [0.717, 1.165) is 6.42 Å². The second kappa shape index (κ2) is 5.37. The summed E-state index contributed by atoms with van der Waals surface area (Å²) in [6, 6.07) is -1.26. The van der Waals surface area contributed by atoms with Gasteiger partial charge < -0.3 is 15.7 Å². The Morgan fingerprint density at radius 2 is 2.33 bits per heavy atom. The Bertz CT molecular complexity index is 260. The van der Waals surface area contributed by atoms with Crippen molar-refractivity contribution < 1.29 is 14.7 Å². The van der Waals surface area contributed by atoms with Crippen LogP contribution in [0.3, 0.4) is 0 Å². The number of carbonyl (C=O) groups is 2. The van der Waals surface area contributed by atoms with Gasteiger partial charge in [0.2, 0.25) is 5.91 Å². The van der Waals surface area contributed by atoms with Crippen molar-refractivity contribution in [3.8, 4) is 0 Å². The number of aliphatic carboxylic acids is 1. The molecule has 0 spiro atoms. The summed E-state index contributed by atoms with van der Waals surface area (Å²) in [4.78, 5) is 24.0. The van der Waals surface area contributed by atoms with Gasteiger partial charge in [0.1, 0.15) is 6.04 Å². The molecule has 0 aromatic carbocycles. The van der Waals surface area contributed by atoms with Gasteiger partial charge in [0, 0.05) is 12.3 Å². The predicted molar refractivity (Wildman–Crippen MR) is 58.7 cm³/mol. The first kappa shape index (κ1) is 12.3. The molecule has 6 heteroatoms. The van der Waals surface area contributed by atoms with E-state index in [4.69, 9.17) is 10.8 Å². The Hall–Kier alpha value is -0.750. The number of nitrogens with zero attached hydrogens (tertiary/aromatic N) is 1. The Morgan fingerprint density at radius 3 is 2.87 bits per heavy atom. The van der Waals surface area contributed by atoms with Crippen LogP contribution in [0.1, 0.15) is 12.8 Å². The van der Waals surface area contributed by atoms with E-state index in [2.05, 4.69) is 0 Å². The summed E-state index contributed by atoms with van der Waals surface area (Å²) in [5, 5.41) is 8.90. The highest BCUT2D eigenvalue weighted by Gasteiger charge is 2.35. The maximum atomic E-state index is 11.8. The van der Waals surface area contributed by atoms with Crippen LogP contribution >= 0.6 is 11.8 Å². The van der Waals surface area contributed by atoms with Crippen molar-refractivity contribution in [2.24, 2.45) is 5.73 Å². The van der Waals surface area contributed by atoms with E-state index in [1.807, 2.05) is 6.26 Å². The van der Waals surface area contributed by atoms with Gasteiger partial charge in [-0.15, -0.1) is 0 Å². The monoisotopic (exact) mass is 232 g/mol. The molecule has 2 atom stereocenters. The fourth-order valence-electron chi connectivity index (χ4n) is 1.75. The average Bonchev–Trinajstić information content (AvgIpc) is 2.65. The van der Waals surface area contributed by atoms with Crippen LogP contribution in [-0.4, -0.2) is 52.5 Å². The number of likely N-dealkylation sites (tertiary alicyclic amines) is 1. The van der Waals surface area contributed by atoms with Gasteiger partial charge in [-0.25, -0.2) is 4.79 Å². The summed E-state index contributed by atoms with van der Waals surface area (Å²) in [5.41, 5.74) is 5.66. The molecule has 1 rings (SSSR count). The lowest BCUT2D eigenvalue weighted by molar-refractivity contribution is -0.148. The summed E-state index contributed by atoms with van der Waals surface area (Å²) >= 11 is 1.49. The quantitative estimate of drug-likeness (QED) is 0.698. The van der Waals surface area contributed by atoms with Crippen molar-refractivity contribution in [2.75, 3.05) is 18.6 Å². The zero-order valence-corrected chi connectivity index (χ0v) is 9.50. The van der Waals surface area contributed by atoms with E-state index in [1.165, 1.54) is 16.7 Å². The second-order valence-corrected chi connectivity index (χ2v) is 4.50. The van der Waals surface area contributed by atoms with Gasteiger partial charge in [-0.2, -0.15) is 11.8 Å². The minimum Gasteiger partial charge on any atom is -0.480 e. The fourth-order valence-corrected chi connectivity index (χ4v) is 2.25. The van der Waals surface area contributed by atoms with Crippen LogP contribution in [0, 0.1) is 0 Å². The third-order valence-electron chi connectivity index (χ3n) is 2.48. The molecule has 0 aromatic heterocycles. The minimum atomic E-state index is -0.933. The standard InChI is InChI=1S/C9H16N2O3S/c1-15-5-6(10)8(12)11-4-2-3-7(11)9(13)14/h6-7H,2-5,10H2,1H3,(H,13,14)/t6-,7-/m0/s1. The van der Waals surface area contributed by atoms with Gasteiger partial charge in [-0.3, -0.25) is 4.79 Å². The van der Waals surface area contributed by atoms with Crippen molar-refractivity contribution in [1.82, 2.24) is 4.90 Å². The molecule has 1 heterocycles. The highest BCUT2D eigenvalue weighted by Crippen LogP contribution is 2.18. The summed E-state index contributed by atoms with van der Waals surface area (Å²) in [5.74, 6) is -0.645. The SMILES string of the molecule is CSC[C@H](N)C(=O)N1CCC[C@H]1C(=O)O. The van der Waals surface area contributed by atoms with Crippen LogP contribution in [0.2, 0.25) is 0 Å². The van der Waals surface area contributed by atoms with E-state index < -0.39 is 18.1 Å². The Balaban J connectivity index is 2.62. The molecule has 5 nitrogen and oxygen atoms in total. The number of thioether (sulfide) groups is 1. The van der Waals surface area contributed by atoms with Gasteiger partial charge >= 0.3 is 5.97 Å². The first-order valence-electron chi connectivity index (χ1n) is 4.85. The first-order chi connectivity index (χ1) is 7.07. The second-order valence-electron chi connectivity index (χ2n) is 3.59. The lowest BCUT2D eigenvalue weighted by Crippen LogP contribution is -2.49. The highest BCUT2D eigenvalue weighted by molar-refractivity contribution is 7.98. The van der Waals surface area contributed by atoms with Gasteiger partial charge in [0.25, 0.3) is 0 Å². The van der Waals surface area contributed by atoms with E-state index in [-0.39, 0.29) is 5.91 Å². The number of hydrogen-bond acceptors (Lipinski definition) is 4. The number of carbonyl (C=O) groups excluding carboxylic acids is 1. The maximum absolute atomic E-state index is 11.8. The number of rotatable bonds is 4. The molecule has 0 radical (unpaired) electrons. The van der Waals surface area contributed by atoms with Crippen LogP contribution in [0.25, 0.3) is 0 Å². The molecule has 86 valence electrons. The molecule has 0 aliphatic carbocycles. The molecule has 0 aromatic rings. The van der Waals surface area contributed by atoms with Crippen LogP contribution in [0.4, 0.5) is 0 Å². The Morgan fingerprint density at radius 1 is 1.67 bits per heavy atom. The fraction of sp³-hybridized carbons (Fsp3) is 0.778. The third kappa shape index (κ3) is 2.85. The number of carboxylic acid groups (broad SMARTS) is 1. The average molecular weight is 232 g/mol. The molecular weight excluding hydrogens is 216 g/mol. The van der Waals surface area contributed by atoms with Crippen molar-refractivity contribution >= 4 is 23.6 Å². The number of nitrogens with two attached hydrogens (primary N) is 1. The smallest absolute Gasteiger partial charge is 0.326 e. The molecule has 1 aliphatic rings. The molecular formula is C9H16N2O3S. The minimum absolute atomic E-state index is 0.241. The highest BCUT2D eigenvalue weighted by atomic mass is 32.2. The molecule has 1 aliphatic heterocycles. The lowest BCUT2D eigenvalue weighted by atomic mass is 10.2. The topological polar surface area (TPSA) is 83.6 Å². The van der Waals surface area contributed by atoms with E-state index >= 15 is 0 Å². The summed E-state index contributed by atoms with van der Waals surface area (Å²) in [7, 11) is 0. The molecule has 15 heavy (non-hydrogen) atoms. The van der Waals surface area contributed by atoms with Crippen LogP contribution in [-0.2, 0) is 9.59 Å². The summed E-state index contributed by atoms with van der Waals surface area (Å²) in [6.45, 7) is 0.512. The molecule has 3 N–H and O–H groups in total. The van der Waals surface area contributed by atoms with E-state index in [0.29, 0.717) is 18.7 Å². The van der Waals surface area contributed by atoms with Gasteiger partial charge in [-0.05, 0) is 19.1 Å². The zero-order chi connectivity index (χ0) is 11.4. The number of carboxylic acids is 1. The Labute approximate surface area is 93.0 Å². The van der Waals surface area contributed by atoms with E-state index in [9.17, 15) is 9.59 Å². The molecule has 0 saturated carbocycles. The summed E-state index contributed by atoms with van der Waals surface area (Å²) in [6.07, 6.45) is 3.15. The first-order valence-corrected chi connectivity index (χ1v) is 6.25. The molecule has 0 bridgehead atoms. The van der Waals surface area contributed by atoms with Crippen LogP contribution < -0.4 is 5.73 Å². The zero-order valence-electron chi connectivity index (χ0n) is 8.68. The Kier molecular flexibility index (Phi) is 4.41. The van der Waals surface area contributed by atoms with Gasteiger partial charge in [0.15, 0.2) is 0 Å². The predicted octanol–water partition coefficient (Wildman–Crippen LogP) is -0.248. The van der Waals surface area contributed by atoms with Crippen molar-refractivity contribution in [1.29, 1.82) is 0 Å². The number of hydrogen-bond donors (Lipinski definition) is 2. The van der Waals surface area contributed by atoms with Crippen molar-refractivity contribution in [3.63, 3.8) is 0 Å². The molecule has 1 fully saturated rings. The van der Waals surface area contributed by atoms with E-state index in [1.54, 1.807) is 0 Å². The molecule has 1 saturated heterocycles. The summed E-state index contributed by atoms with van der Waals surface area (Å²) < 4.78 is 0. The number of amides is 1. The largest absolute Gasteiger partial charge is 0.480 e. The molecule has 1 amide bonds. The van der Waals surface area contributed by atoms with Crippen molar-refractivity contribution in [2.45, 2.75) is 24.9 Å². The normalized spacial score (nSPS) is 22.8. The van der Waals surface area contributed by atoms with Gasteiger partial charge in [0.05, 0.1) is 6.04 Å². The lowest BCUT2D eigenvalue weighted by Gasteiger charge is -2.24. The van der Waals surface area contributed by atoms with Crippen molar-refractivity contribution in [3.05, 3.63) is 0 Å².